The molecule has 1 unspecified atom stereocenters. The van der Waals surface area contributed by atoms with Gasteiger partial charge in [-0.25, -0.2) is 4.79 Å². The average Bonchev–Trinajstić information content (AvgIpc) is 3.58. The fraction of sp³-hybridized carbons (Fsp3) is 0.464. The standard InChI is InChI=1S/C28H34N4O5/c33-25(18-20-6-2-1-3-7-20)30-23(8-9-26(34)31-14-4-5-15-31)27(35)32-19-22(17-24(32)28(36)37)16-21-10-12-29-13-11-21/h1-3,6-7,10-13,22-24H,4-5,8-9,14-19H2,(H,30,33)(H,36,37)/t22-,23?,24+/m1/s1. The lowest BCUT2D eigenvalue weighted by Crippen LogP contribution is -2.52. The Bertz CT molecular complexity index is 1090. The molecule has 9 nitrogen and oxygen atoms in total. The molecule has 37 heavy (non-hydrogen) atoms. The fourth-order valence-corrected chi connectivity index (χ4v) is 5.28. The van der Waals surface area contributed by atoms with E-state index in [0.29, 0.717) is 25.9 Å². The summed E-state index contributed by atoms with van der Waals surface area (Å²) in [7, 11) is 0. The molecule has 0 spiro atoms. The van der Waals surface area contributed by atoms with Crippen LogP contribution in [0.15, 0.2) is 54.9 Å². The van der Waals surface area contributed by atoms with E-state index in [0.717, 1.165) is 24.0 Å². The van der Waals surface area contributed by atoms with Crippen LogP contribution in [0.4, 0.5) is 0 Å². The van der Waals surface area contributed by atoms with Crippen molar-refractivity contribution in [1.29, 1.82) is 0 Å². The number of aliphatic carboxylic acids is 1. The molecule has 2 aliphatic heterocycles. The Morgan fingerprint density at radius 2 is 1.70 bits per heavy atom. The number of likely N-dealkylation sites (tertiary alicyclic amines) is 2. The van der Waals surface area contributed by atoms with E-state index >= 15 is 0 Å². The number of hydrogen-bond acceptors (Lipinski definition) is 5. The fourth-order valence-electron chi connectivity index (χ4n) is 5.28. The summed E-state index contributed by atoms with van der Waals surface area (Å²) in [6.07, 6.45) is 6.63. The number of amides is 3. The molecule has 2 N–H and O–H groups in total. The summed E-state index contributed by atoms with van der Waals surface area (Å²) in [4.78, 5) is 58.5. The van der Waals surface area contributed by atoms with Crippen LogP contribution >= 0.6 is 0 Å². The van der Waals surface area contributed by atoms with Gasteiger partial charge >= 0.3 is 5.97 Å². The van der Waals surface area contributed by atoms with Crippen LogP contribution in [0.2, 0.25) is 0 Å². The van der Waals surface area contributed by atoms with Crippen LogP contribution < -0.4 is 5.32 Å². The van der Waals surface area contributed by atoms with E-state index in [1.165, 1.54) is 4.90 Å². The van der Waals surface area contributed by atoms with E-state index < -0.39 is 24.0 Å². The zero-order valence-electron chi connectivity index (χ0n) is 20.9. The monoisotopic (exact) mass is 506 g/mol. The maximum atomic E-state index is 13.7. The number of rotatable bonds is 10. The number of nitrogens with one attached hydrogen (secondary N) is 1. The van der Waals surface area contributed by atoms with Crippen molar-refractivity contribution in [2.75, 3.05) is 19.6 Å². The van der Waals surface area contributed by atoms with E-state index in [4.69, 9.17) is 0 Å². The number of aromatic nitrogens is 1. The van der Waals surface area contributed by atoms with Gasteiger partial charge in [0.25, 0.3) is 0 Å². The molecule has 2 aliphatic rings. The molecule has 0 bridgehead atoms. The van der Waals surface area contributed by atoms with Gasteiger partial charge in [-0.1, -0.05) is 30.3 Å². The number of nitrogens with zero attached hydrogens (tertiary/aromatic N) is 3. The molecular formula is C28H34N4O5. The van der Waals surface area contributed by atoms with E-state index in [9.17, 15) is 24.3 Å². The first-order valence-corrected chi connectivity index (χ1v) is 12.9. The van der Waals surface area contributed by atoms with Gasteiger partial charge < -0.3 is 20.2 Å². The summed E-state index contributed by atoms with van der Waals surface area (Å²) in [5.74, 6) is -1.91. The Morgan fingerprint density at radius 1 is 1.00 bits per heavy atom. The molecule has 4 rings (SSSR count). The van der Waals surface area contributed by atoms with Crippen LogP contribution in [0.5, 0.6) is 0 Å². The van der Waals surface area contributed by atoms with Gasteiger partial charge in [-0.05, 0) is 61.3 Å². The normalized spacial score (nSPS) is 20.0. The van der Waals surface area contributed by atoms with Crippen LogP contribution in [-0.2, 0) is 32.0 Å². The van der Waals surface area contributed by atoms with E-state index in [1.807, 2.05) is 42.5 Å². The number of carbonyl (C=O) groups is 4. The van der Waals surface area contributed by atoms with Crippen molar-refractivity contribution in [2.45, 2.75) is 57.0 Å². The zero-order valence-corrected chi connectivity index (χ0v) is 20.9. The van der Waals surface area contributed by atoms with Crippen molar-refractivity contribution in [2.24, 2.45) is 5.92 Å². The highest BCUT2D eigenvalue weighted by atomic mass is 16.4. The van der Waals surface area contributed by atoms with Gasteiger partial charge in [-0.2, -0.15) is 0 Å². The number of hydrogen-bond donors (Lipinski definition) is 2. The summed E-state index contributed by atoms with van der Waals surface area (Å²) >= 11 is 0. The summed E-state index contributed by atoms with van der Waals surface area (Å²) in [5, 5.41) is 12.7. The van der Waals surface area contributed by atoms with Gasteiger partial charge in [0.05, 0.1) is 6.42 Å². The Kier molecular flexibility index (Phi) is 8.87. The predicted octanol–water partition coefficient (Wildman–Crippen LogP) is 2.06. The van der Waals surface area contributed by atoms with Crippen molar-refractivity contribution in [3.63, 3.8) is 0 Å². The first-order chi connectivity index (χ1) is 17.9. The lowest BCUT2D eigenvalue weighted by Gasteiger charge is -2.28. The maximum Gasteiger partial charge on any atom is 0.326 e. The zero-order chi connectivity index (χ0) is 26.2. The van der Waals surface area contributed by atoms with E-state index in [2.05, 4.69) is 10.3 Å². The molecule has 2 fully saturated rings. The minimum atomic E-state index is -1.06. The number of carboxylic acid groups (broad SMARTS) is 1. The van der Waals surface area contributed by atoms with Crippen molar-refractivity contribution >= 4 is 23.7 Å². The second kappa shape index (κ2) is 12.5. The number of pyridine rings is 1. The Hall–Kier alpha value is -3.75. The second-order valence-electron chi connectivity index (χ2n) is 9.91. The molecule has 196 valence electrons. The third-order valence-corrected chi connectivity index (χ3v) is 7.18. The molecule has 0 radical (unpaired) electrons. The molecule has 2 aromatic rings. The molecule has 3 amide bonds. The van der Waals surface area contributed by atoms with Gasteiger partial charge in [0.2, 0.25) is 17.7 Å². The largest absolute Gasteiger partial charge is 0.480 e. The molecule has 1 aromatic heterocycles. The molecule has 3 atom stereocenters. The Morgan fingerprint density at radius 3 is 2.38 bits per heavy atom. The van der Waals surface area contributed by atoms with Crippen molar-refractivity contribution in [1.82, 2.24) is 20.1 Å². The van der Waals surface area contributed by atoms with Gasteiger partial charge in [0.15, 0.2) is 0 Å². The summed E-state index contributed by atoms with van der Waals surface area (Å²) < 4.78 is 0. The third kappa shape index (κ3) is 7.15. The summed E-state index contributed by atoms with van der Waals surface area (Å²) in [6, 6.07) is 11.0. The van der Waals surface area contributed by atoms with Crippen molar-refractivity contribution < 1.29 is 24.3 Å². The molecule has 2 saturated heterocycles. The molecular weight excluding hydrogens is 472 g/mol. The lowest BCUT2D eigenvalue weighted by molar-refractivity contribution is -0.149. The smallest absolute Gasteiger partial charge is 0.326 e. The van der Waals surface area contributed by atoms with E-state index in [-0.39, 0.29) is 43.5 Å². The minimum Gasteiger partial charge on any atom is -0.480 e. The van der Waals surface area contributed by atoms with Gasteiger partial charge in [-0.3, -0.25) is 19.4 Å². The van der Waals surface area contributed by atoms with Crippen molar-refractivity contribution in [3.8, 4) is 0 Å². The first kappa shape index (κ1) is 26.3. The van der Waals surface area contributed by atoms with Gasteiger partial charge in [0, 0.05) is 38.4 Å². The van der Waals surface area contributed by atoms with Crippen molar-refractivity contribution in [3.05, 3.63) is 66.0 Å². The highest BCUT2D eigenvalue weighted by Gasteiger charge is 2.42. The minimum absolute atomic E-state index is 0.0284. The van der Waals surface area contributed by atoms with Gasteiger partial charge in [0.1, 0.15) is 12.1 Å². The first-order valence-electron chi connectivity index (χ1n) is 12.9. The molecule has 1 aromatic carbocycles. The SMILES string of the molecule is O=C(Cc1ccccc1)NC(CCC(=O)N1CCCC1)C(=O)N1C[C@H](Cc2ccncc2)C[C@H]1C(=O)O. The number of carbonyl (C=O) groups excluding carboxylic acids is 3. The van der Waals surface area contributed by atoms with E-state index in [1.54, 1.807) is 17.3 Å². The number of carboxylic acids is 1. The van der Waals surface area contributed by atoms with Crippen LogP contribution in [0.3, 0.4) is 0 Å². The maximum absolute atomic E-state index is 13.7. The quantitative estimate of drug-likeness (QED) is 0.509. The van der Waals surface area contributed by atoms with Crippen LogP contribution in [0.25, 0.3) is 0 Å². The highest BCUT2D eigenvalue weighted by Crippen LogP contribution is 2.28. The second-order valence-corrected chi connectivity index (χ2v) is 9.91. The Labute approximate surface area is 216 Å². The molecule has 3 heterocycles. The third-order valence-electron chi connectivity index (χ3n) is 7.18. The molecule has 0 aliphatic carbocycles. The summed E-state index contributed by atoms with van der Waals surface area (Å²) in [5.41, 5.74) is 1.84. The number of benzene rings is 1. The topological polar surface area (TPSA) is 120 Å². The highest BCUT2D eigenvalue weighted by molar-refractivity contribution is 5.92. The lowest BCUT2D eigenvalue weighted by atomic mass is 9.97. The Balaban J connectivity index is 1.46. The molecule has 0 saturated carbocycles. The van der Waals surface area contributed by atoms with Crippen LogP contribution in [0.1, 0.15) is 43.2 Å². The van der Waals surface area contributed by atoms with Crippen LogP contribution in [-0.4, -0.2) is 75.3 Å². The average molecular weight is 507 g/mol. The van der Waals surface area contributed by atoms with Gasteiger partial charge in [-0.15, -0.1) is 0 Å². The molecule has 9 heteroatoms. The summed E-state index contributed by atoms with van der Waals surface area (Å²) in [6.45, 7) is 1.70. The van der Waals surface area contributed by atoms with Crippen LogP contribution in [0, 0.1) is 5.92 Å². The predicted molar refractivity (Wildman–Crippen MR) is 136 cm³/mol.